The molecule has 3 nitrogen and oxygen atoms in total. The highest BCUT2D eigenvalue weighted by Crippen LogP contribution is 2.50. The van der Waals surface area contributed by atoms with Crippen molar-refractivity contribution >= 4 is 5.97 Å². The fourth-order valence-electron chi connectivity index (χ4n) is 4.57. The molecular weight excluding hydrogens is 252 g/mol. The van der Waals surface area contributed by atoms with Crippen molar-refractivity contribution in [1.29, 1.82) is 0 Å². The number of aliphatic carboxylic acids is 1. The second kappa shape index (κ2) is 6.93. The van der Waals surface area contributed by atoms with Gasteiger partial charge in [0, 0.05) is 5.92 Å². The zero-order chi connectivity index (χ0) is 14.6. The lowest BCUT2D eigenvalue weighted by Gasteiger charge is -2.44. The molecule has 0 bridgehead atoms. The van der Waals surface area contributed by atoms with Gasteiger partial charge in [0.1, 0.15) is 0 Å². The van der Waals surface area contributed by atoms with Crippen LogP contribution in [0.1, 0.15) is 77.6 Å². The largest absolute Gasteiger partial charge is 0.481 e. The zero-order valence-electron chi connectivity index (χ0n) is 12.8. The molecule has 0 saturated heterocycles. The maximum atomic E-state index is 12.0. The first kappa shape index (κ1) is 15.8. The van der Waals surface area contributed by atoms with E-state index in [1.807, 2.05) is 0 Å². The number of hydrogen-bond donors (Lipinski definition) is 2. The van der Waals surface area contributed by atoms with Crippen molar-refractivity contribution in [1.82, 2.24) is 0 Å². The topological polar surface area (TPSA) is 57.5 Å². The van der Waals surface area contributed by atoms with E-state index in [1.54, 1.807) is 0 Å². The molecule has 0 amide bonds. The van der Waals surface area contributed by atoms with Crippen LogP contribution in [-0.4, -0.2) is 22.3 Å². The van der Waals surface area contributed by atoms with Crippen molar-refractivity contribution in [2.45, 2.75) is 83.7 Å². The number of carboxylic acid groups (broad SMARTS) is 1. The van der Waals surface area contributed by atoms with Crippen molar-refractivity contribution in [3.8, 4) is 0 Å². The lowest BCUT2D eigenvalue weighted by Crippen LogP contribution is -2.46. The van der Waals surface area contributed by atoms with Gasteiger partial charge < -0.3 is 10.2 Å². The molecule has 2 unspecified atom stereocenters. The van der Waals surface area contributed by atoms with Gasteiger partial charge in [0.2, 0.25) is 0 Å². The summed E-state index contributed by atoms with van der Waals surface area (Å²) in [5.41, 5.74) is -0.645. The van der Waals surface area contributed by atoms with Crippen LogP contribution in [0.3, 0.4) is 0 Å². The minimum atomic E-state index is -0.654. The predicted octanol–water partition coefficient (Wildman–Crippen LogP) is 3.99. The van der Waals surface area contributed by atoms with E-state index in [0.717, 1.165) is 57.8 Å². The molecule has 0 spiro atoms. The van der Waals surface area contributed by atoms with Crippen molar-refractivity contribution in [2.75, 3.05) is 0 Å². The Kier molecular flexibility index (Phi) is 5.48. The van der Waals surface area contributed by atoms with Gasteiger partial charge in [0.05, 0.1) is 11.5 Å². The fourth-order valence-corrected chi connectivity index (χ4v) is 4.57. The van der Waals surface area contributed by atoms with E-state index in [9.17, 15) is 15.0 Å². The van der Waals surface area contributed by atoms with E-state index in [0.29, 0.717) is 5.92 Å². The number of hydrogen-bond acceptors (Lipinski definition) is 2. The van der Waals surface area contributed by atoms with Gasteiger partial charge in [-0.25, -0.2) is 0 Å². The van der Waals surface area contributed by atoms with Gasteiger partial charge in [-0.3, -0.25) is 4.79 Å². The summed E-state index contributed by atoms with van der Waals surface area (Å²) in [5, 5.41) is 20.3. The van der Waals surface area contributed by atoms with Gasteiger partial charge in [-0.2, -0.15) is 0 Å². The Labute approximate surface area is 122 Å². The second-order valence-corrected chi connectivity index (χ2v) is 7.01. The molecule has 0 aliphatic heterocycles. The Morgan fingerprint density at radius 3 is 2.35 bits per heavy atom. The highest BCUT2D eigenvalue weighted by molar-refractivity contribution is 5.75. The van der Waals surface area contributed by atoms with Crippen molar-refractivity contribution in [3.63, 3.8) is 0 Å². The van der Waals surface area contributed by atoms with E-state index in [4.69, 9.17) is 0 Å². The number of carbonyl (C=O) groups is 1. The molecule has 2 aliphatic carbocycles. The van der Waals surface area contributed by atoms with Crippen molar-refractivity contribution < 1.29 is 15.0 Å². The van der Waals surface area contributed by atoms with Crippen LogP contribution in [-0.2, 0) is 4.79 Å². The maximum Gasteiger partial charge on any atom is 0.310 e. The summed E-state index contributed by atoms with van der Waals surface area (Å²) >= 11 is 0. The van der Waals surface area contributed by atoms with Gasteiger partial charge in [0.15, 0.2) is 0 Å². The summed E-state index contributed by atoms with van der Waals surface area (Å²) in [4.78, 5) is 12.0. The number of aliphatic hydroxyl groups excluding tert-OH is 1. The number of rotatable bonds is 4. The summed E-state index contributed by atoms with van der Waals surface area (Å²) in [5.74, 6) is 0.0267. The molecular formula is C17H30O3. The first-order valence-electron chi connectivity index (χ1n) is 8.51. The molecule has 2 rings (SSSR count). The maximum absolute atomic E-state index is 12.0. The fraction of sp³-hybridized carbons (Fsp3) is 0.941. The van der Waals surface area contributed by atoms with E-state index in [-0.39, 0.29) is 5.92 Å². The van der Waals surface area contributed by atoms with Crippen LogP contribution in [0.25, 0.3) is 0 Å². The van der Waals surface area contributed by atoms with E-state index in [1.165, 1.54) is 12.8 Å². The smallest absolute Gasteiger partial charge is 0.310 e. The van der Waals surface area contributed by atoms with Crippen LogP contribution in [0.15, 0.2) is 0 Å². The molecule has 2 N–H and O–H groups in total. The SMILES string of the molecule is CCCC1CCC(C(=O)O)(C2CCCCCC2O)CC1. The van der Waals surface area contributed by atoms with Crippen LogP contribution in [0.5, 0.6) is 0 Å². The molecule has 0 aromatic rings. The zero-order valence-corrected chi connectivity index (χ0v) is 12.8. The Morgan fingerprint density at radius 2 is 1.75 bits per heavy atom. The quantitative estimate of drug-likeness (QED) is 0.767. The van der Waals surface area contributed by atoms with Crippen LogP contribution < -0.4 is 0 Å². The predicted molar refractivity (Wildman–Crippen MR) is 79.5 cm³/mol. The summed E-state index contributed by atoms with van der Waals surface area (Å²) in [6, 6.07) is 0. The molecule has 3 heteroatoms. The standard InChI is InChI=1S/C17H30O3/c1-2-6-13-9-11-17(12-10-13,16(19)20)14-7-4-3-5-8-15(14)18/h13-15,18H,2-12H2,1H3,(H,19,20). The lowest BCUT2D eigenvalue weighted by atomic mass is 9.60. The third-order valence-electron chi connectivity index (χ3n) is 5.81. The lowest BCUT2D eigenvalue weighted by molar-refractivity contribution is -0.161. The highest BCUT2D eigenvalue weighted by atomic mass is 16.4. The molecule has 116 valence electrons. The molecule has 0 heterocycles. The van der Waals surface area contributed by atoms with Gasteiger partial charge in [-0.05, 0) is 44.4 Å². The summed E-state index contributed by atoms with van der Waals surface area (Å²) in [6.07, 6.45) is 10.6. The summed E-state index contributed by atoms with van der Waals surface area (Å²) in [6.45, 7) is 2.20. The van der Waals surface area contributed by atoms with E-state index >= 15 is 0 Å². The van der Waals surface area contributed by atoms with Gasteiger partial charge >= 0.3 is 5.97 Å². The molecule has 0 radical (unpaired) electrons. The minimum absolute atomic E-state index is 0.0231. The highest BCUT2D eigenvalue weighted by Gasteiger charge is 2.50. The average molecular weight is 282 g/mol. The molecule has 20 heavy (non-hydrogen) atoms. The molecule has 2 fully saturated rings. The normalized spacial score (nSPS) is 39.2. The molecule has 2 atom stereocenters. The number of aliphatic hydroxyl groups is 1. The first-order chi connectivity index (χ1) is 9.60. The Morgan fingerprint density at radius 1 is 1.10 bits per heavy atom. The summed E-state index contributed by atoms with van der Waals surface area (Å²) < 4.78 is 0. The monoisotopic (exact) mass is 282 g/mol. The first-order valence-corrected chi connectivity index (χ1v) is 8.51. The van der Waals surface area contributed by atoms with Gasteiger partial charge in [0.25, 0.3) is 0 Å². The van der Waals surface area contributed by atoms with Crippen molar-refractivity contribution in [3.05, 3.63) is 0 Å². The average Bonchev–Trinajstić information content (AvgIpc) is 2.65. The molecule has 2 saturated carbocycles. The third-order valence-corrected chi connectivity index (χ3v) is 5.81. The molecule has 0 aromatic heterocycles. The van der Waals surface area contributed by atoms with Crippen LogP contribution in [0, 0.1) is 17.3 Å². The van der Waals surface area contributed by atoms with Crippen LogP contribution in [0.4, 0.5) is 0 Å². The van der Waals surface area contributed by atoms with E-state index < -0.39 is 17.5 Å². The van der Waals surface area contributed by atoms with E-state index in [2.05, 4.69) is 6.92 Å². The van der Waals surface area contributed by atoms with Crippen LogP contribution in [0.2, 0.25) is 0 Å². The Balaban J connectivity index is 2.12. The summed E-state index contributed by atoms with van der Waals surface area (Å²) in [7, 11) is 0. The second-order valence-electron chi connectivity index (χ2n) is 7.01. The number of carboxylic acids is 1. The van der Waals surface area contributed by atoms with Gasteiger partial charge in [-0.1, -0.05) is 39.0 Å². The van der Waals surface area contributed by atoms with Crippen LogP contribution >= 0.6 is 0 Å². The third kappa shape index (κ3) is 3.19. The Hall–Kier alpha value is -0.570. The minimum Gasteiger partial charge on any atom is -0.481 e. The molecule has 0 aromatic carbocycles. The molecule has 2 aliphatic rings. The van der Waals surface area contributed by atoms with Crippen molar-refractivity contribution in [2.24, 2.45) is 17.3 Å². The Bertz CT molecular complexity index is 318. The van der Waals surface area contributed by atoms with Gasteiger partial charge in [-0.15, -0.1) is 0 Å².